The molecule has 1 amide bonds. The zero-order chi connectivity index (χ0) is 14.7. The second kappa shape index (κ2) is 5.61. The number of rotatable bonds is 3. The molecule has 0 aliphatic carbocycles. The quantitative estimate of drug-likeness (QED) is 0.845. The van der Waals surface area contributed by atoms with E-state index in [2.05, 4.69) is 5.32 Å². The van der Waals surface area contributed by atoms with Crippen LogP contribution in [-0.2, 0) is 0 Å². The second-order valence-corrected chi connectivity index (χ2v) is 4.63. The molecule has 20 heavy (non-hydrogen) atoms. The summed E-state index contributed by atoms with van der Waals surface area (Å²) in [6.45, 7) is 0. The van der Waals surface area contributed by atoms with Crippen LogP contribution in [0.2, 0.25) is 0 Å². The van der Waals surface area contributed by atoms with Crippen LogP contribution in [0.1, 0.15) is 10.4 Å². The monoisotopic (exact) mass is 273 g/mol. The number of hydrogen-bond acceptors (Lipinski definition) is 3. The summed E-state index contributed by atoms with van der Waals surface area (Å²) in [5, 5.41) is 2.75. The molecule has 0 aliphatic heterocycles. The Morgan fingerprint density at radius 3 is 2.60 bits per heavy atom. The molecule has 0 aromatic heterocycles. The first-order valence-electron chi connectivity index (χ1n) is 6.11. The standard InChI is InChI=1S/C15H16FN3O/c1-19(2)12-5-3-4-11(9-12)18-15(20)13-7-6-10(16)8-14(13)17/h3-9H,17H2,1-2H3,(H,18,20). The minimum atomic E-state index is -0.464. The van der Waals surface area contributed by atoms with Gasteiger partial charge in [0.05, 0.1) is 5.56 Å². The molecule has 0 saturated heterocycles. The molecule has 0 atom stereocenters. The first-order valence-corrected chi connectivity index (χ1v) is 6.11. The van der Waals surface area contributed by atoms with Crippen LogP contribution in [0.3, 0.4) is 0 Å². The van der Waals surface area contributed by atoms with Gasteiger partial charge < -0.3 is 16.0 Å². The van der Waals surface area contributed by atoms with Crippen LogP contribution >= 0.6 is 0 Å². The lowest BCUT2D eigenvalue weighted by molar-refractivity contribution is 0.102. The van der Waals surface area contributed by atoms with E-state index in [9.17, 15) is 9.18 Å². The van der Waals surface area contributed by atoms with Gasteiger partial charge in [-0.25, -0.2) is 4.39 Å². The maximum atomic E-state index is 13.0. The Labute approximate surface area is 117 Å². The van der Waals surface area contributed by atoms with Crippen molar-refractivity contribution in [3.63, 3.8) is 0 Å². The molecule has 2 aromatic carbocycles. The van der Waals surface area contributed by atoms with Gasteiger partial charge in [-0.05, 0) is 36.4 Å². The summed E-state index contributed by atoms with van der Waals surface area (Å²) in [5.41, 5.74) is 7.64. The fraction of sp³-hybridized carbons (Fsp3) is 0.133. The normalized spacial score (nSPS) is 10.2. The number of carbonyl (C=O) groups is 1. The van der Waals surface area contributed by atoms with Gasteiger partial charge in [0, 0.05) is 31.2 Å². The van der Waals surface area contributed by atoms with Crippen LogP contribution in [0, 0.1) is 5.82 Å². The average molecular weight is 273 g/mol. The number of nitrogens with zero attached hydrogens (tertiary/aromatic N) is 1. The number of nitrogens with one attached hydrogen (secondary N) is 1. The Hall–Kier alpha value is -2.56. The second-order valence-electron chi connectivity index (χ2n) is 4.63. The van der Waals surface area contributed by atoms with Crippen LogP contribution in [0.25, 0.3) is 0 Å². The molecular weight excluding hydrogens is 257 g/mol. The molecule has 2 aromatic rings. The number of anilines is 3. The Kier molecular flexibility index (Phi) is 3.89. The lowest BCUT2D eigenvalue weighted by Gasteiger charge is -2.14. The topological polar surface area (TPSA) is 58.4 Å². The summed E-state index contributed by atoms with van der Waals surface area (Å²) in [4.78, 5) is 14.0. The lowest BCUT2D eigenvalue weighted by atomic mass is 10.1. The van der Waals surface area contributed by atoms with Crippen molar-refractivity contribution in [3.05, 3.63) is 53.8 Å². The van der Waals surface area contributed by atoms with Crippen molar-refractivity contribution in [3.8, 4) is 0 Å². The van der Waals surface area contributed by atoms with E-state index in [0.717, 1.165) is 11.8 Å². The highest BCUT2D eigenvalue weighted by Crippen LogP contribution is 2.20. The van der Waals surface area contributed by atoms with Crippen LogP contribution in [0.4, 0.5) is 21.5 Å². The van der Waals surface area contributed by atoms with Gasteiger partial charge in [0.15, 0.2) is 0 Å². The van der Waals surface area contributed by atoms with Gasteiger partial charge >= 0.3 is 0 Å². The molecule has 5 heteroatoms. The maximum Gasteiger partial charge on any atom is 0.257 e. The van der Waals surface area contributed by atoms with Crippen molar-refractivity contribution in [2.75, 3.05) is 30.0 Å². The molecule has 0 unspecified atom stereocenters. The van der Waals surface area contributed by atoms with Gasteiger partial charge in [-0.3, -0.25) is 4.79 Å². The fourth-order valence-corrected chi connectivity index (χ4v) is 1.80. The molecule has 4 nitrogen and oxygen atoms in total. The average Bonchev–Trinajstić information content (AvgIpc) is 2.38. The van der Waals surface area contributed by atoms with Crippen LogP contribution in [0.15, 0.2) is 42.5 Å². The van der Waals surface area contributed by atoms with E-state index in [1.54, 1.807) is 6.07 Å². The van der Waals surface area contributed by atoms with Crippen LogP contribution in [-0.4, -0.2) is 20.0 Å². The third-order valence-electron chi connectivity index (χ3n) is 2.88. The molecule has 0 heterocycles. The number of carbonyl (C=O) groups excluding carboxylic acids is 1. The first kappa shape index (κ1) is 13.9. The molecule has 0 radical (unpaired) electrons. The summed E-state index contributed by atoms with van der Waals surface area (Å²) in [5.74, 6) is -0.827. The highest BCUT2D eigenvalue weighted by molar-refractivity contribution is 6.07. The number of nitrogen functional groups attached to an aromatic ring is 1. The molecule has 2 rings (SSSR count). The van der Waals surface area contributed by atoms with E-state index >= 15 is 0 Å². The minimum absolute atomic E-state index is 0.117. The van der Waals surface area contributed by atoms with Crippen molar-refractivity contribution in [1.82, 2.24) is 0 Å². The molecule has 0 spiro atoms. The molecule has 104 valence electrons. The number of nitrogens with two attached hydrogens (primary N) is 1. The number of benzene rings is 2. The van der Waals surface area contributed by atoms with E-state index in [-0.39, 0.29) is 17.2 Å². The van der Waals surface area contributed by atoms with Gasteiger partial charge in [-0.2, -0.15) is 0 Å². The van der Waals surface area contributed by atoms with Gasteiger partial charge in [-0.15, -0.1) is 0 Å². The molecule has 0 aliphatic rings. The van der Waals surface area contributed by atoms with Crippen molar-refractivity contribution in [1.29, 1.82) is 0 Å². The van der Waals surface area contributed by atoms with Crippen LogP contribution < -0.4 is 16.0 Å². The van der Waals surface area contributed by atoms with E-state index in [0.29, 0.717) is 5.69 Å². The van der Waals surface area contributed by atoms with Crippen molar-refractivity contribution >= 4 is 23.0 Å². The predicted molar refractivity (Wildman–Crippen MR) is 79.5 cm³/mol. The summed E-state index contributed by atoms with van der Waals surface area (Å²) in [6, 6.07) is 11.1. The predicted octanol–water partition coefficient (Wildman–Crippen LogP) is 2.73. The summed E-state index contributed by atoms with van der Waals surface area (Å²) in [7, 11) is 3.83. The smallest absolute Gasteiger partial charge is 0.257 e. The van der Waals surface area contributed by atoms with E-state index in [1.165, 1.54) is 12.1 Å². The lowest BCUT2D eigenvalue weighted by Crippen LogP contribution is -2.15. The van der Waals surface area contributed by atoms with E-state index in [4.69, 9.17) is 5.73 Å². The molecule has 0 fully saturated rings. The van der Waals surface area contributed by atoms with Gasteiger partial charge in [0.2, 0.25) is 0 Å². The zero-order valence-electron chi connectivity index (χ0n) is 11.4. The van der Waals surface area contributed by atoms with Gasteiger partial charge in [0.25, 0.3) is 5.91 Å². The number of amides is 1. The third-order valence-corrected chi connectivity index (χ3v) is 2.88. The van der Waals surface area contributed by atoms with E-state index < -0.39 is 5.82 Å². The summed E-state index contributed by atoms with van der Waals surface area (Å²) < 4.78 is 13.0. The molecule has 0 bridgehead atoms. The largest absolute Gasteiger partial charge is 0.398 e. The first-order chi connectivity index (χ1) is 9.47. The number of hydrogen-bond donors (Lipinski definition) is 2. The Balaban J connectivity index is 2.21. The number of halogens is 1. The van der Waals surface area contributed by atoms with Crippen LogP contribution in [0.5, 0.6) is 0 Å². The SMILES string of the molecule is CN(C)c1cccc(NC(=O)c2ccc(F)cc2N)c1. The fourth-order valence-electron chi connectivity index (χ4n) is 1.80. The summed E-state index contributed by atoms with van der Waals surface area (Å²) in [6.07, 6.45) is 0. The maximum absolute atomic E-state index is 13.0. The molecular formula is C15H16FN3O. The highest BCUT2D eigenvalue weighted by Gasteiger charge is 2.11. The molecule has 3 N–H and O–H groups in total. The van der Waals surface area contributed by atoms with Crippen molar-refractivity contribution in [2.45, 2.75) is 0 Å². The minimum Gasteiger partial charge on any atom is -0.398 e. The van der Waals surface area contributed by atoms with Gasteiger partial charge in [0.1, 0.15) is 5.82 Å². The Bertz CT molecular complexity index is 641. The Morgan fingerprint density at radius 2 is 1.95 bits per heavy atom. The zero-order valence-corrected chi connectivity index (χ0v) is 11.4. The van der Waals surface area contributed by atoms with Crippen molar-refractivity contribution < 1.29 is 9.18 Å². The van der Waals surface area contributed by atoms with E-state index in [1.807, 2.05) is 37.2 Å². The summed E-state index contributed by atoms with van der Waals surface area (Å²) >= 11 is 0. The molecule has 0 saturated carbocycles. The Morgan fingerprint density at radius 1 is 1.20 bits per heavy atom. The third kappa shape index (κ3) is 3.06. The highest BCUT2D eigenvalue weighted by atomic mass is 19.1. The van der Waals surface area contributed by atoms with Gasteiger partial charge in [-0.1, -0.05) is 6.07 Å². The van der Waals surface area contributed by atoms with Crippen molar-refractivity contribution in [2.24, 2.45) is 0 Å².